The average molecular weight is 296 g/mol. The third kappa shape index (κ3) is 2.27. The molecule has 2 aliphatic rings. The molecule has 110 valence electrons. The first-order chi connectivity index (χ1) is 9.58. The van der Waals surface area contributed by atoms with Gasteiger partial charge in [-0.1, -0.05) is 13.8 Å². The lowest BCUT2D eigenvalue weighted by molar-refractivity contribution is 0.0779. The Morgan fingerprint density at radius 3 is 2.85 bits per heavy atom. The van der Waals surface area contributed by atoms with Gasteiger partial charge in [0.25, 0.3) is 5.91 Å². The van der Waals surface area contributed by atoms with Crippen LogP contribution in [-0.4, -0.2) is 43.2 Å². The Balaban J connectivity index is 1.78. The molecule has 2 aliphatic heterocycles. The van der Waals surface area contributed by atoms with Gasteiger partial charge in [-0.05, 0) is 11.8 Å². The standard InChI is InChI=1S/C14H20N2O3S/c1-8(2)9-5-16(6-10(9)15)14(17)13-12-11(7-20-13)18-3-4-19-12/h7-10H,3-6,15H2,1-2H3/t9-,10+/m1/s1. The van der Waals surface area contributed by atoms with Crippen molar-refractivity contribution in [3.8, 4) is 11.5 Å². The minimum atomic E-state index is 0.0142. The van der Waals surface area contributed by atoms with E-state index in [-0.39, 0.29) is 11.9 Å². The van der Waals surface area contributed by atoms with Gasteiger partial charge in [0.2, 0.25) is 0 Å². The number of amides is 1. The molecule has 3 rings (SSSR count). The summed E-state index contributed by atoms with van der Waals surface area (Å²) in [5.41, 5.74) is 6.15. The van der Waals surface area contributed by atoms with Gasteiger partial charge in [0.1, 0.15) is 18.1 Å². The fourth-order valence-electron chi connectivity index (χ4n) is 2.88. The molecule has 1 amide bonds. The molecule has 0 aromatic carbocycles. The number of hydrogen-bond acceptors (Lipinski definition) is 5. The first kappa shape index (κ1) is 13.7. The van der Waals surface area contributed by atoms with Crippen LogP contribution in [0.15, 0.2) is 5.38 Å². The summed E-state index contributed by atoms with van der Waals surface area (Å²) in [6.07, 6.45) is 0. The van der Waals surface area contributed by atoms with Crippen molar-refractivity contribution < 1.29 is 14.3 Å². The van der Waals surface area contributed by atoms with Crippen molar-refractivity contribution in [2.75, 3.05) is 26.3 Å². The van der Waals surface area contributed by atoms with Crippen LogP contribution < -0.4 is 15.2 Å². The third-order valence-electron chi connectivity index (χ3n) is 4.05. The summed E-state index contributed by atoms with van der Waals surface area (Å²) < 4.78 is 11.1. The lowest BCUT2D eigenvalue weighted by Gasteiger charge is -2.20. The van der Waals surface area contributed by atoms with Crippen molar-refractivity contribution in [3.05, 3.63) is 10.3 Å². The molecule has 6 heteroatoms. The number of carbonyl (C=O) groups excluding carboxylic acids is 1. The van der Waals surface area contributed by atoms with E-state index in [4.69, 9.17) is 15.2 Å². The summed E-state index contributed by atoms with van der Waals surface area (Å²) in [6.45, 7) is 6.70. The summed E-state index contributed by atoms with van der Waals surface area (Å²) in [5, 5.41) is 1.84. The maximum Gasteiger partial charge on any atom is 0.267 e. The van der Waals surface area contributed by atoms with E-state index >= 15 is 0 Å². The fourth-order valence-corrected chi connectivity index (χ4v) is 3.78. The van der Waals surface area contributed by atoms with Gasteiger partial charge in [-0.25, -0.2) is 0 Å². The molecular weight excluding hydrogens is 276 g/mol. The number of nitrogens with two attached hydrogens (primary N) is 1. The minimum Gasteiger partial charge on any atom is -0.485 e. The Hall–Kier alpha value is -1.27. The lowest BCUT2D eigenvalue weighted by atomic mass is 9.92. The van der Waals surface area contributed by atoms with Crippen molar-refractivity contribution in [2.45, 2.75) is 19.9 Å². The van der Waals surface area contributed by atoms with Gasteiger partial charge in [0.05, 0.1) is 0 Å². The summed E-state index contributed by atoms with van der Waals surface area (Å²) in [4.78, 5) is 15.1. The normalized spacial score (nSPS) is 25.3. The Morgan fingerprint density at radius 2 is 2.15 bits per heavy atom. The van der Waals surface area contributed by atoms with Crippen LogP contribution in [0.3, 0.4) is 0 Å². The van der Waals surface area contributed by atoms with Gasteiger partial charge in [-0.3, -0.25) is 4.79 Å². The highest BCUT2D eigenvalue weighted by Gasteiger charge is 2.37. The van der Waals surface area contributed by atoms with Gasteiger partial charge in [-0.15, -0.1) is 11.3 Å². The number of fused-ring (bicyclic) bond motifs is 1. The van der Waals surface area contributed by atoms with Crippen LogP contribution in [0.5, 0.6) is 11.5 Å². The number of nitrogens with zero attached hydrogens (tertiary/aromatic N) is 1. The summed E-state index contributed by atoms with van der Waals surface area (Å²) >= 11 is 1.39. The van der Waals surface area contributed by atoms with Gasteiger partial charge in [-0.2, -0.15) is 0 Å². The van der Waals surface area contributed by atoms with Crippen molar-refractivity contribution in [1.29, 1.82) is 0 Å². The number of carbonyl (C=O) groups is 1. The van der Waals surface area contributed by atoms with Gasteiger partial charge < -0.3 is 20.1 Å². The van der Waals surface area contributed by atoms with Crippen LogP contribution in [0.25, 0.3) is 0 Å². The molecule has 2 N–H and O–H groups in total. The molecule has 3 heterocycles. The molecule has 0 radical (unpaired) electrons. The molecule has 20 heavy (non-hydrogen) atoms. The SMILES string of the molecule is CC(C)[C@H]1CN(C(=O)c2scc3c2OCCO3)C[C@@H]1N. The highest BCUT2D eigenvalue weighted by atomic mass is 32.1. The van der Waals surface area contributed by atoms with Crippen LogP contribution in [0.4, 0.5) is 0 Å². The smallest absolute Gasteiger partial charge is 0.267 e. The van der Waals surface area contributed by atoms with E-state index < -0.39 is 0 Å². The second kappa shape index (κ2) is 5.26. The zero-order valence-electron chi connectivity index (χ0n) is 11.8. The lowest BCUT2D eigenvalue weighted by Crippen LogP contribution is -2.33. The van der Waals surface area contributed by atoms with E-state index in [2.05, 4.69) is 13.8 Å². The molecule has 5 nitrogen and oxygen atoms in total. The van der Waals surface area contributed by atoms with Crippen molar-refractivity contribution in [3.63, 3.8) is 0 Å². The molecule has 0 spiro atoms. The van der Waals surface area contributed by atoms with E-state index in [1.165, 1.54) is 11.3 Å². The van der Waals surface area contributed by atoms with Crippen LogP contribution in [0, 0.1) is 11.8 Å². The summed E-state index contributed by atoms with van der Waals surface area (Å²) in [7, 11) is 0. The molecule has 2 atom stereocenters. The maximum absolute atomic E-state index is 12.6. The molecule has 0 aliphatic carbocycles. The number of thiophene rings is 1. The molecule has 1 saturated heterocycles. The van der Waals surface area contributed by atoms with Crippen LogP contribution in [0.2, 0.25) is 0 Å². The Labute approximate surface area is 122 Å². The predicted molar refractivity (Wildman–Crippen MR) is 77.5 cm³/mol. The van der Waals surface area contributed by atoms with Gasteiger partial charge in [0, 0.05) is 24.5 Å². The van der Waals surface area contributed by atoms with E-state index in [9.17, 15) is 4.79 Å². The van der Waals surface area contributed by atoms with Gasteiger partial charge >= 0.3 is 0 Å². The quantitative estimate of drug-likeness (QED) is 0.900. The van der Waals surface area contributed by atoms with Gasteiger partial charge in [0.15, 0.2) is 11.5 Å². The second-order valence-electron chi connectivity index (χ2n) is 5.74. The number of rotatable bonds is 2. The highest BCUT2D eigenvalue weighted by molar-refractivity contribution is 7.12. The zero-order chi connectivity index (χ0) is 14.3. The topological polar surface area (TPSA) is 64.8 Å². The predicted octanol–water partition coefficient (Wildman–Crippen LogP) is 1.57. The fraction of sp³-hybridized carbons (Fsp3) is 0.643. The van der Waals surface area contributed by atoms with E-state index in [1.54, 1.807) is 0 Å². The van der Waals surface area contributed by atoms with Crippen LogP contribution in [0.1, 0.15) is 23.5 Å². The van der Waals surface area contributed by atoms with E-state index in [0.717, 1.165) is 6.54 Å². The maximum atomic E-state index is 12.6. The monoisotopic (exact) mass is 296 g/mol. The van der Waals surface area contributed by atoms with Crippen molar-refractivity contribution in [1.82, 2.24) is 4.90 Å². The largest absolute Gasteiger partial charge is 0.485 e. The molecule has 0 saturated carbocycles. The summed E-state index contributed by atoms with van der Waals surface area (Å²) in [6, 6.07) is 0.0620. The van der Waals surface area contributed by atoms with Crippen LogP contribution in [-0.2, 0) is 0 Å². The first-order valence-corrected chi connectivity index (χ1v) is 7.88. The molecule has 0 unspecified atom stereocenters. The Bertz CT molecular complexity index is 515. The Morgan fingerprint density at radius 1 is 1.40 bits per heavy atom. The zero-order valence-corrected chi connectivity index (χ0v) is 12.6. The number of ether oxygens (including phenoxy) is 2. The highest BCUT2D eigenvalue weighted by Crippen LogP contribution is 2.40. The first-order valence-electron chi connectivity index (χ1n) is 7.00. The van der Waals surface area contributed by atoms with Crippen molar-refractivity contribution >= 4 is 17.2 Å². The van der Waals surface area contributed by atoms with E-state index in [0.29, 0.717) is 48.0 Å². The molecule has 0 bridgehead atoms. The molecular formula is C14H20N2O3S. The van der Waals surface area contributed by atoms with E-state index in [1.807, 2.05) is 10.3 Å². The molecule has 1 aromatic heterocycles. The average Bonchev–Trinajstić information content (AvgIpc) is 3.01. The second-order valence-corrected chi connectivity index (χ2v) is 6.62. The molecule has 1 fully saturated rings. The minimum absolute atomic E-state index is 0.0142. The van der Waals surface area contributed by atoms with Crippen molar-refractivity contribution in [2.24, 2.45) is 17.6 Å². The Kier molecular flexibility index (Phi) is 3.60. The third-order valence-corrected chi connectivity index (χ3v) is 4.98. The summed E-state index contributed by atoms with van der Waals surface area (Å²) in [5.74, 6) is 2.16. The molecule has 1 aromatic rings. The van der Waals surface area contributed by atoms with Crippen LogP contribution >= 0.6 is 11.3 Å². The number of likely N-dealkylation sites (tertiary alicyclic amines) is 1. The number of hydrogen-bond donors (Lipinski definition) is 1.